The van der Waals surface area contributed by atoms with Crippen LogP contribution < -0.4 is 11.1 Å². The molecule has 2 unspecified atom stereocenters. The summed E-state index contributed by atoms with van der Waals surface area (Å²) in [5.41, 5.74) is 5.99. The van der Waals surface area contributed by atoms with E-state index < -0.39 is 0 Å². The van der Waals surface area contributed by atoms with Crippen LogP contribution in [0.5, 0.6) is 0 Å². The standard InChI is InChI=1S/C13H23N3S/c1-2-12-8-16-13(17-12)9-15-7-10-4-3-5-11(14)6-10/h8,10-11,15H,2-7,9,14H2,1H3. The molecule has 1 heterocycles. The third-order valence-corrected chi connectivity index (χ3v) is 4.62. The number of hydrogen-bond donors (Lipinski definition) is 2. The van der Waals surface area contributed by atoms with E-state index in [1.165, 1.54) is 35.6 Å². The van der Waals surface area contributed by atoms with Crippen molar-refractivity contribution in [2.45, 2.75) is 51.6 Å². The van der Waals surface area contributed by atoms with Gasteiger partial charge < -0.3 is 11.1 Å². The molecule has 0 aromatic carbocycles. The Kier molecular flexibility index (Phi) is 4.95. The summed E-state index contributed by atoms with van der Waals surface area (Å²) >= 11 is 1.82. The third-order valence-electron chi connectivity index (χ3n) is 3.48. The van der Waals surface area contributed by atoms with Crippen molar-refractivity contribution in [2.75, 3.05) is 6.54 Å². The quantitative estimate of drug-likeness (QED) is 0.846. The van der Waals surface area contributed by atoms with Crippen LogP contribution in [0.4, 0.5) is 0 Å². The molecule has 1 fully saturated rings. The van der Waals surface area contributed by atoms with Gasteiger partial charge in [-0.2, -0.15) is 0 Å². The zero-order chi connectivity index (χ0) is 12.1. The maximum Gasteiger partial charge on any atom is 0.107 e. The number of nitrogens with two attached hydrogens (primary N) is 1. The van der Waals surface area contributed by atoms with Crippen LogP contribution in [0.3, 0.4) is 0 Å². The van der Waals surface area contributed by atoms with Crippen LogP contribution in [-0.2, 0) is 13.0 Å². The first kappa shape index (κ1) is 13.0. The lowest BCUT2D eigenvalue weighted by molar-refractivity contribution is 0.310. The van der Waals surface area contributed by atoms with Crippen LogP contribution in [0.1, 0.15) is 42.5 Å². The van der Waals surface area contributed by atoms with Crippen LogP contribution in [0.25, 0.3) is 0 Å². The van der Waals surface area contributed by atoms with Crippen LogP contribution in [0.2, 0.25) is 0 Å². The molecular weight excluding hydrogens is 230 g/mol. The first-order chi connectivity index (χ1) is 8.28. The highest BCUT2D eigenvalue weighted by Crippen LogP contribution is 2.22. The smallest absolute Gasteiger partial charge is 0.107 e. The highest BCUT2D eigenvalue weighted by Gasteiger charge is 2.18. The van der Waals surface area contributed by atoms with Crippen molar-refractivity contribution in [3.63, 3.8) is 0 Å². The zero-order valence-electron chi connectivity index (χ0n) is 10.6. The van der Waals surface area contributed by atoms with Crippen molar-refractivity contribution < 1.29 is 0 Å². The Morgan fingerprint density at radius 1 is 1.53 bits per heavy atom. The number of thiazole rings is 1. The molecule has 2 atom stereocenters. The van der Waals surface area contributed by atoms with E-state index in [1.807, 2.05) is 17.5 Å². The molecule has 1 aromatic heterocycles. The molecule has 1 aliphatic carbocycles. The second-order valence-electron chi connectivity index (χ2n) is 5.00. The first-order valence-corrected chi connectivity index (χ1v) is 7.49. The largest absolute Gasteiger partial charge is 0.328 e. The summed E-state index contributed by atoms with van der Waals surface area (Å²) in [5, 5.41) is 4.73. The zero-order valence-corrected chi connectivity index (χ0v) is 11.4. The summed E-state index contributed by atoms with van der Waals surface area (Å²) < 4.78 is 0. The van der Waals surface area contributed by atoms with Crippen LogP contribution >= 0.6 is 11.3 Å². The van der Waals surface area contributed by atoms with Gasteiger partial charge in [0, 0.05) is 23.7 Å². The van der Waals surface area contributed by atoms with Crippen molar-refractivity contribution >= 4 is 11.3 Å². The van der Waals surface area contributed by atoms with Crippen molar-refractivity contribution in [3.8, 4) is 0 Å². The fourth-order valence-electron chi connectivity index (χ4n) is 2.49. The summed E-state index contributed by atoms with van der Waals surface area (Å²) in [6, 6.07) is 0.433. The topological polar surface area (TPSA) is 50.9 Å². The van der Waals surface area contributed by atoms with E-state index in [1.54, 1.807) is 0 Å². The number of aromatic nitrogens is 1. The van der Waals surface area contributed by atoms with E-state index in [2.05, 4.69) is 17.2 Å². The van der Waals surface area contributed by atoms with E-state index in [-0.39, 0.29) is 0 Å². The summed E-state index contributed by atoms with van der Waals surface area (Å²) in [4.78, 5) is 5.79. The molecule has 0 spiro atoms. The number of rotatable bonds is 5. The average Bonchev–Trinajstić information content (AvgIpc) is 2.77. The van der Waals surface area contributed by atoms with Gasteiger partial charge in [-0.1, -0.05) is 13.3 Å². The molecule has 1 saturated carbocycles. The third kappa shape index (κ3) is 4.05. The van der Waals surface area contributed by atoms with E-state index in [0.29, 0.717) is 6.04 Å². The second kappa shape index (κ2) is 6.47. The highest BCUT2D eigenvalue weighted by molar-refractivity contribution is 7.11. The van der Waals surface area contributed by atoms with E-state index in [9.17, 15) is 0 Å². The molecule has 0 radical (unpaired) electrons. The van der Waals surface area contributed by atoms with Gasteiger partial charge in [-0.15, -0.1) is 11.3 Å². The Morgan fingerprint density at radius 2 is 2.41 bits per heavy atom. The molecule has 0 bridgehead atoms. The Hall–Kier alpha value is -0.450. The molecule has 1 aromatic rings. The number of nitrogens with one attached hydrogen (secondary N) is 1. The number of aryl methyl sites for hydroxylation is 1. The first-order valence-electron chi connectivity index (χ1n) is 6.67. The predicted molar refractivity (Wildman–Crippen MR) is 73.1 cm³/mol. The van der Waals surface area contributed by atoms with Gasteiger partial charge in [0.25, 0.3) is 0 Å². The van der Waals surface area contributed by atoms with Gasteiger partial charge in [-0.25, -0.2) is 4.98 Å². The summed E-state index contributed by atoms with van der Waals surface area (Å²) in [6.07, 6.45) is 8.12. The van der Waals surface area contributed by atoms with Crippen molar-refractivity contribution in [2.24, 2.45) is 11.7 Å². The van der Waals surface area contributed by atoms with Crippen LogP contribution in [-0.4, -0.2) is 17.6 Å². The number of nitrogens with zero attached hydrogens (tertiary/aromatic N) is 1. The van der Waals surface area contributed by atoms with Gasteiger partial charge in [0.2, 0.25) is 0 Å². The van der Waals surface area contributed by atoms with E-state index >= 15 is 0 Å². The lowest BCUT2D eigenvalue weighted by atomic mass is 9.86. The van der Waals surface area contributed by atoms with E-state index in [4.69, 9.17) is 5.73 Å². The number of hydrogen-bond acceptors (Lipinski definition) is 4. The van der Waals surface area contributed by atoms with Gasteiger partial charge in [0.1, 0.15) is 5.01 Å². The lowest BCUT2D eigenvalue weighted by Gasteiger charge is -2.26. The summed E-state index contributed by atoms with van der Waals surface area (Å²) in [5.74, 6) is 0.768. The fourth-order valence-corrected chi connectivity index (χ4v) is 3.33. The van der Waals surface area contributed by atoms with Gasteiger partial charge in [0.15, 0.2) is 0 Å². The maximum absolute atomic E-state index is 5.99. The van der Waals surface area contributed by atoms with Crippen molar-refractivity contribution in [1.29, 1.82) is 0 Å². The minimum Gasteiger partial charge on any atom is -0.328 e. The molecule has 1 aliphatic rings. The maximum atomic E-state index is 5.99. The SMILES string of the molecule is CCc1cnc(CNCC2CCCC(N)C2)s1. The molecule has 17 heavy (non-hydrogen) atoms. The molecule has 96 valence electrons. The van der Waals surface area contributed by atoms with Crippen LogP contribution in [0.15, 0.2) is 6.20 Å². The van der Waals surface area contributed by atoms with Crippen molar-refractivity contribution in [3.05, 3.63) is 16.1 Å². The molecule has 0 saturated heterocycles. The van der Waals surface area contributed by atoms with Crippen molar-refractivity contribution in [1.82, 2.24) is 10.3 Å². The molecule has 4 heteroatoms. The molecule has 0 amide bonds. The van der Waals surface area contributed by atoms with Gasteiger partial charge in [-0.3, -0.25) is 0 Å². The lowest BCUT2D eigenvalue weighted by Crippen LogP contribution is -2.33. The molecule has 3 nitrogen and oxygen atoms in total. The average molecular weight is 253 g/mol. The Morgan fingerprint density at radius 3 is 3.12 bits per heavy atom. The van der Waals surface area contributed by atoms with Crippen LogP contribution in [0, 0.1) is 5.92 Å². The molecular formula is C13H23N3S. The minimum atomic E-state index is 0.433. The Balaban J connectivity index is 1.68. The highest BCUT2D eigenvalue weighted by atomic mass is 32.1. The molecule has 2 rings (SSSR count). The monoisotopic (exact) mass is 253 g/mol. The Bertz CT molecular complexity index is 337. The summed E-state index contributed by atoms with van der Waals surface area (Å²) in [7, 11) is 0. The summed E-state index contributed by atoms with van der Waals surface area (Å²) in [6.45, 7) is 4.18. The second-order valence-corrected chi connectivity index (χ2v) is 6.20. The fraction of sp³-hybridized carbons (Fsp3) is 0.769. The Labute approximate surface area is 108 Å². The predicted octanol–water partition coefficient (Wildman–Crippen LogP) is 2.31. The normalized spacial score (nSPS) is 25.1. The molecule has 3 N–H and O–H groups in total. The molecule has 0 aliphatic heterocycles. The minimum absolute atomic E-state index is 0.433. The van der Waals surface area contributed by atoms with Gasteiger partial charge >= 0.3 is 0 Å². The van der Waals surface area contributed by atoms with Gasteiger partial charge in [-0.05, 0) is 38.1 Å². The van der Waals surface area contributed by atoms with Gasteiger partial charge in [0.05, 0.1) is 0 Å². The van der Waals surface area contributed by atoms with E-state index in [0.717, 1.165) is 25.4 Å².